The summed E-state index contributed by atoms with van der Waals surface area (Å²) in [6.07, 6.45) is 11.9. The van der Waals surface area contributed by atoms with Crippen LogP contribution in [0.4, 0.5) is 5.82 Å². The van der Waals surface area contributed by atoms with Gasteiger partial charge in [0.05, 0.1) is 0 Å². The fourth-order valence-electron chi connectivity index (χ4n) is 2.51. The van der Waals surface area contributed by atoms with Gasteiger partial charge in [0, 0.05) is 30.7 Å². The Bertz CT molecular complexity index is 452. The van der Waals surface area contributed by atoms with Gasteiger partial charge in [0.25, 0.3) is 5.56 Å². The van der Waals surface area contributed by atoms with E-state index in [0.29, 0.717) is 5.82 Å². The maximum atomic E-state index is 11.9. The molecule has 0 atom stereocenters. The van der Waals surface area contributed by atoms with Gasteiger partial charge in [-0.3, -0.25) is 4.79 Å². The first-order valence-corrected chi connectivity index (χ1v) is 7.70. The molecular weight excluding hydrogens is 246 g/mol. The van der Waals surface area contributed by atoms with Crippen LogP contribution in [0.2, 0.25) is 0 Å². The van der Waals surface area contributed by atoms with Crippen LogP contribution >= 0.6 is 11.8 Å². The van der Waals surface area contributed by atoms with Crippen LogP contribution < -0.4 is 10.9 Å². The fraction of sp³-hybridized carbons (Fsp3) is 0.692. The van der Waals surface area contributed by atoms with Gasteiger partial charge < -0.3 is 9.88 Å². The van der Waals surface area contributed by atoms with Crippen LogP contribution in [0.3, 0.4) is 0 Å². The lowest BCUT2D eigenvalue weighted by molar-refractivity contribution is 0.411. The quantitative estimate of drug-likeness (QED) is 0.909. The first-order chi connectivity index (χ1) is 8.67. The predicted molar refractivity (Wildman–Crippen MR) is 77.3 cm³/mol. The third kappa shape index (κ3) is 2.88. The Hall–Kier alpha value is -0.970. The third-order valence-corrected chi connectivity index (χ3v) is 5.21. The normalized spacial score (nSPS) is 18.6. The minimum atomic E-state index is -0.0513. The maximum Gasteiger partial charge on any atom is 0.293 e. The average molecular weight is 267 g/mol. The van der Waals surface area contributed by atoms with Gasteiger partial charge in [-0.15, -0.1) is 0 Å². The van der Waals surface area contributed by atoms with E-state index in [2.05, 4.69) is 16.6 Å². The largest absolute Gasteiger partial charge is 0.364 e. The molecule has 1 saturated carbocycles. The van der Waals surface area contributed by atoms with E-state index in [-0.39, 0.29) is 10.3 Å². The molecule has 0 saturated heterocycles. The molecule has 18 heavy (non-hydrogen) atoms. The molecule has 0 spiro atoms. The number of aromatic nitrogens is 2. The van der Waals surface area contributed by atoms with E-state index in [1.165, 1.54) is 32.1 Å². The molecule has 1 aliphatic carbocycles. The van der Waals surface area contributed by atoms with Gasteiger partial charge in [0.2, 0.25) is 0 Å². The van der Waals surface area contributed by atoms with E-state index in [0.717, 1.165) is 6.54 Å². The molecule has 1 aromatic rings. The number of hydrogen-bond donors (Lipinski definition) is 1. The summed E-state index contributed by atoms with van der Waals surface area (Å²) in [5.74, 6) is 0.471. The molecular formula is C13H21N3OS. The second-order valence-corrected chi connectivity index (χ2v) is 6.27. The molecule has 1 N–H and O–H groups in total. The van der Waals surface area contributed by atoms with E-state index in [4.69, 9.17) is 0 Å². The van der Waals surface area contributed by atoms with Crippen molar-refractivity contribution in [3.05, 3.63) is 22.7 Å². The Morgan fingerprint density at radius 3 is 2.83 bits per heavy atom. The number of nitrogens with one attached hydrogen (secondary N) is 1. The molecule has 1 aromatic heterocycles. The van der Waals surface area contributed by atoms with E-state index in [1.54, 1.807) is 24.0 Å². The summed E-state index contributed by atoms with van der Waals surface area (Å²) in [5, 5.41) is 3.25. The molecule has 0 amide bonds. The van der Waals surface area contributed by atoms with Crippen molar-refractivity contribution >= 4 is 17.6 Å². The van der Waals surface area contributed by atoms with Gasteiger partial charge in [-0.25, -0.2) is 4.98 Å². The monoisotopic (exact) mass is 267 g/mol. The molecule has 0 aromatic carbocycles. The van der Waals surface area contributed by atoms with E-state index < -0.39 is 0 Å². The molecule has 4 nitrogen and oxygen atoms in total. The lowest BCUT2D eigenvalue weighted by Gasteiger charge is -2.35. The second-order valence-electron chi connectivity index (χ2n) is 4.99. The number of rotatable bonds is 4. The molecule has 0 bridgehead atoms. The number of hydrogen-bond acceptors (Lipinski definition) is 4. The van der Waals surface area contributed by atoms with Crippen LogP contribution in [0.1, 0.15) is 32.1 Å². The second kappa shape index (κ2) is 5.78. The lowest BCUT2D eigenvalue weighted by Crippen LogP contribution is -2.37. The van der Waals surface area contributed by atoms with Gasteiger partial charge in [-0.1, -0.05) is 19.3 Å². The molecule has 0 radical (unpaired) electrons. The topological polar surface area (TPSA) is 46.9 Å². The highest BCUT2D eigenvalue weighted by Crippen LogP contribution is 2.38. The fourth-order valence-corrected chi connectivity index (χ4v) is 3.43. The van der Waals surface area contributed by atoms with Gasteiger partial charge in [0.15, 0.2) is 5.82 Å². The van der Waals surface area contributed by atoms with Crippen molar-refractivity contribution in [1.29, 1.82) is 0 Å². The average Bonchev–Trinajstić information content (AvgIpc) is 2.41. The summed E-state index contributed by atoms with van der Waals surface area (Å²) in [6, 6.07) is 0. The molecule has 100 valence electrons. The van der Waals surface area contributed by atoms with Crippen molar-refractivity contribution < 1.29 is 0 Å². The van der Waals surface area contributed by atoms with Crippen LogP contribution in [-0.4, -0.2) is 27.1 Å². The van der Waals surface area contributed by atoms with Crippen molar-refractivity contribution in [2.75, 3.05) is 18.1 Å². The number of thioether (sulfide) groups is 1. The van der Waals surface area contributed by atoms with Crippen molar-refractivity contribution in [3.63, 3.8) is 0 Å². The summed E-state index contributed by atoms with van der Waals surface area (Å²) < 4.78 is 1.84. The Balaban J connectivity index is 2.05. The molecule has 5 heteroatoms. The van der Waals surface area contributed by atoms with Crippen LogP contribution in [0.15, 0.2) is 17.2 Å². The maximum absolute atomic E-state index is 11.9. The zero-order chi connectivity index (χ0) is 13.0. The van der Waals surface area contributed by atoms with Gasteiger partial charge >= 0.3 is 0 Å². The molecule has 1 heterocycles. The highest BCUT2D eigenvalue weighted by atomic mass is 32.2. The number of anilines is 1. The Morgan fingerprint density at radius 1 is 1.44 bits per heavy atom. The highest BCUT2D eigenvalue weighted by molar-refractivity contribution is 8.00. The Kier molecular flexibility index (Phi) is 4.32. The number of nitrogens with zero attached hydrogens (tertiary/aromatic N) is 2. The lowest BCUT2D eigenvalue weighted by atomic mass is 9.88. The van der Waals surface area contributed by atoms with Crippen LogP contribution in [0.25, 0.3) is 0 Å². The Morgan fingerprint density at radius 2 is 2.17 bits per heavy atom. The van der Waals surface area contributed by atoms with Crippen molar-refractivity contribution in [2.45, 2.75) is 36.9 Å². The van der Waals surface area contributed by atoms with Crippen molar-refractivity contribution in [2.24, 2.45) is 7.05 Å². The van der Waals surface area contributed by atoms with Crippen molar-refractivity contribution in [3.8, 4) is 0 Å². The third-order valence-electron chi connectivity index (χ3n) is 3.79. The molecule has 0 aliphatic heterocycles. The van der Waals surface area contributed by atoms with E-state index in [1.807, 2.05) is 11.8 Å². The zero-order valence-electron chi connectivity index (χ0n) is 11.1. The predicted octanol–water partition coefficient (Wildman–Crippen LogP) is 2.26. The summed E-state index contributed by atoms with van der Waals surface area (Å²) >= 11 is 1.92. The molecule has 0 unspecified atom stereocenters. The standard InChI is InChI=1S/C13H21N3OS/c1-16-9-8-14-11(12(16)17)15-10-13(18-2)6-4-3-5-7-13/h8-9H,3-7,10H2,1-2H3,(H,14,15). The van der Waals surface area contributed by atoms with Crippen LogP contribution in [-0.2, 0) is 7.05 Å². The van der Waals surface area contributed by atoms with E-state index >= 15 is 0 Å². The Labute approximate surface area is 112 Å². The number of aryl methyl sites for hydroxylation is 1. The van der Waals surface area contributed by atoms with Crippen molar-refractivity contribution in [1.82, 2.24) is 9.55 Å². The minimum Gasteiger partial charge on any atom is -0.364 e. The van der Waals surface area contributed by atoms with Gasteiger partial charge in [-0.2, -0.15) is 11.8 Å². The SMILES string of the molecule is CSC1(CNc2nccn(C)c2=O)CCCCC1. The van der Waals surface area contributed by atoms with Crippen LogP contribution in [0, 0.1) is 0 Å². The molecule has 1 fully saturated rings. The first kappa shape index (κ1) is 13.5. The first-order valence-electron chi connectivity index (χ1n) is 6.47. The summed E-state index contributed by atoms with van der Waals surface area (Å²) in [7, 11) is 1.75. The zero-order valence-corrected chi connectivity index (χ0v) is 11.9. The minimum absolute atomic E-state index is 0.0513. The van der Waals surface area contributed by atoms with Gasteiger partial charge in [-0.05, 0) is 19.1 Å². The molecule has 2 rings (SSSR count). The van der Waals surface area contributed by atoms with Crippen LogP contribution in [0.5, 0.6) is 0 Å². The highest BCUT2D eigenvalue weighted by Gasteiger charge is 2.31. The molecule has 1 aliphatic rings. The summed E-state index contributed by atoms with van der Waals surface area (Å²) in [6.45, 7) is 0.834. The van der Waals surface area contributed by atoms with E-state index in [9.17, 15) is 4.79 Å². The smallest absolute Gasteiger partial charge is 0.293 e. The summed E-state index contributed by atoms with van der Waals surface area (Å²) in [5.41, 5.74) is -0.0513. The summed E-state index contributed by atoms with van der Waals surface area (Å²) in [4.78, 5) is 16.0. The van der Waals surface area contributed by atoms with Gasteiger partial charge in [0.1, 0.15) is 0 Å².